The average molecular weight is 379 g/mol. The molecule has 1 aromatic heterocycles. The van der Waals surface area contributed by atoms with E-state index < -0.39 is 0 Å². The maximum absolute atomic E-state index is 12.2. The van der Waals surface area contributed by atoms with Crippen molar-refractivity contribution in [2.24, 2.45) is 0 Å². The summed E-state index contributed by atoms with van der Waals surface area (Å²) in [5.74, 6) is 1.23. The summed E-state index contributed by atoms with van der Waals surface area (Å²) in [6, 6.07) is 17.2. The van der Waals surface area contributed by atoms with E-state index in [0.717, 1.165) is 28.4 Å². The van der Waals surface area contributed by atoms with E-state index in [9.17, 15) is 4.79 Å². The van der Waals surface area contributed by atoms with Crippen LogP contribution in [-0.4, -0.2) is 28.9 Å². The largest absolute Gasteiger partial charge is 0.494 e. The lowest BCUT2D eigenvalue weighted by Gasteiger charge is -2.09. The van der Waals surface area contributed by atoms with Crippen LogP contribution >= 0.6 is 0 Å². The van der Waals surface area contributed by atoms with E-state index in [1.807, 2.05) is 67.9 Å². The topological polar surface area (TPSA) is 65.4 Å². The zero-order chi connectivity index (χ0) is 19.9. The Kier molecular flexibility index (Phi) is 6.32. The number of aryl methyl sites for hydroxylation is 1. The van der Waals surface area contributed by atoms with E-state index >= 15 is 0 Å². The molecule has 146 valence electrons. The molecule has 1 N–H and O–H groups in total. The predicted molar refractivity (Wildman–Crippen MR) is 108 cm³/mol. The van der Waals surface area contributed by atoms with Gasteiger partial charge in [-0.3, -0.25) is 4.79 Å². The number of amides is 1. The van der Waals surface area contributed by atoms with Crippen LogP contribution in [0, 0.1) is 13.8 Å². The monoisotopic (exact) mass is 379 g/mol. The highest BCUT2D eigenvalue weighted by Crippen LogP contribution is 2.18. The zero-order valence-electron chi connectivity index (χ0n) is 16.4. The van der Waals surface area contributed by atoms with Gasteiger partial charge in [0.05, 0.1) is 18.0 Å². The van der Waals surface area contributed by atoms with Gasteiger partial charge in [0.15, 0.2) is 6.61 Å². The summed E-state index contributed by atoms with van der Waals surface area (Å²) in [6.45, 7) is 6.87. The average Bonchev–Trinajstić information content (AvgIpc) is 3.00. The number of hydrogen-bond donors (Lipinski definition) is 1. The molecular weight excluding hydrogens is 354 g/mol. The van der Waals surface area contributed by atoms with Crippen molar-refractivity contribution in [1.82, 2.24) is 15.1 Å². The quantitative estimate of drug-likeness (QED) is 0.650. The Morgan fingerprint density at radius 1 is 1.00 bits per heavy atom. The Hall–Kier alpha value is -3.28. The van der Waals surface area contributed by atoms with Crippen LogP contribution in [0.25, 0.3) is 5.69 Å². The van der Waals surface area contributed by atoms with E-state index in [2.05, 4.69) is 10.4 Å². The molecule has 0 bridgehead atoms. The first-order chi connectivity index (χ1) is 13.6. The Morgan fingerprint density at radius 3 is 2.29 bits per heavy atom. The van der Waals surface area contributed by atoms with Gasteiger partial charge in [-0.05, 0) is 57.2 Å². The molecule has 3 aromatic rings. The number of hydrogen-bond acceptors (Lipinski definition) is 4. The fraction of sp³-hybridized carbons (Fsp3) is 0.273. The second-order valence-electron chi connectivity index (χ2n) is 6.37. The van der Waals surface area contributed by atoms with Crippen LogP contribution < -0.4 is 14.8 Å². The van der Waals surface area contributed by atoms with Crippen molar-refractivity contribution < 1.29 is 14.3 Å². The van der Waals surface area contributed by atoms with Crippen molar-refractivity contribution in [3.8, 4) is 17.2 Å². The maximum Gasteiger partial charge on any atom is 0.258 e. The number of nitrogens with one attached hydrogen (secondary N) is 1. The smallest absolute Gasteiger partial charge is 0.258 e. The first-order valence-corrected chi connectivity index (χ1v) is 9.31. The summed E-state index contributed by atoms with van der Waals surface area (Å²) in [7, 11) is 0. The van der Waals surface area contributed by atoms with Gasteiger partial charge in [-0.1, -0.05) is 18.2 Å². The van der Waals surface area contributed by atoms with Crippen molar-refractivity contribution in [1.29, 1.82) is 0 Å². The molecular formula is C22H25N3O3. The second kappa shape index (κ2) is 9.08. The molecule has 2 aromatic carbocycles. The number of carbonyl (C=O) groups is 1. The minimum absolute atomic E-state index is 0.0428. The van der Waals surface area contributed by atoms with Crippen molar-refractivity contribution in [3.63, 3.8) is 0 Å². The maximum atomic E-state index is 12.2. The minimum atomic E-state index is -0.180. The molecule has 28 heavy (non-hydrogen) atoms. The number of benzene rings is 2. The van der Waals surface area contributed by atoms with Gasteiger partial charge in [-0.15, -0.1) is 0 Å². The van der Waals surface area contributed by atoms with Gasteiger partial charge in [0, 0.05) is 17.8 Å². The van der Waals surface area contributed by atoms with Crippen LogP contribution in [0.5, 0.6) is 11.5 Å². The van der Waals surface area contributed by atoms with Gasteiger partial charge in [0.1, 0.15) is 11.5 Å². The molecule has 0 unspecified atom stereocenters. The molecule has 6 heteroatoms. The number of para-hydroxylation sites is 1. The number of aromatic nitrogens is 2. The fourth-order valence-corrected chi connectivity index (χ4v) is 2.94. The van der Waals surface area contributed by atoms with Gasteiger partial charge in [0.2, 0.25) is 0 Å². The Morgan fingerprint density at radius 2 is 1.64 bits per heavy atom. The highest BCUT2D eigenvalue weighted by atomic mass is 16.5. The first kappa shape index (κ1) is 19.5. The Balaban J connectivity index is 1.55. The summed E-state index contributed by atoms with van der Waals surface area (Å²) in [6.07, 6.45) is 0. The van der Waals surface area contributed by atoms with Crippen LogP contribution in [0.2, 0.25) is 0 Å². The lowest BCUT2D eigenvalue weighted by atomic mass is 10.2. The summed E-state index contributed by atoms with van der Waals surface area (Å²) < 4.78 is 12.8. The third kappa shape index (κ3) is 4.71. The molecule has 6 nitrogen and oxygen atoms in total. The summed E-state index contributed by atoms with van der Waals surface area (Å²) in [5.41, 5.74) is 3.92. The molecule has 0 radical (unpaired) electrons. The SMILES string of the molecule is CCOc1ccc(OCC(=O)NCc2c(C)nn(-c3ccccc3)c2C)cc1. The lowest BCUT2D eigenvalue weighted by Crippen LogP contribution is -2.28. The van der Waals surface area contributed by atoms with Crippen LogP contribution in [0.15, 0.2) is 54.6 Å². The van der Waals surface area contributed by atoms with Crippen LogP contribution in [0.3, 0.4) is 0 Å². The normalized spacial score (nSPS) is 10.5. The molecule has 3 rings (SSSR count). The molecule has 1 heterocycles. The molecule has 0 saturated carbocycles. The van der Waals surface area contributed by atoms with Crippen molar-refractivity contribution in [2.75, 3.05) is 13.2 Å². The van der Waals surface area contributed by atoms with Crippen molar-refractivity contribution >= 4 is 5.91 Å². The standard InChI is InChI=1S/C22H25N3O3/c1-4-27-19-10-12-20(13-11-19)28-15-22(26)23-14-21-16(2)24-25(17(21)3)18-8-6-5-7-9-18/h5-13H,4,14-15H2,1-3H3,(H,23,26). The molecule has 0 aliphatic rings. The molecule has 0 saturated heterocycles. The molecule has 0 aliphatic carbocycles. The van der Waals surface area contributed by atoms with Gasteiger partial charge < -0.3 is 14.8 Å². The number of nitrogens with zero attached hydrogens (tertiary/aromatic N) is 2. The first-order valence-electron chi connectivity index (χ1n) is 9.31. The fourth-order valence-electron chi connectivity index (χ4n) is 2.94. The van der Waals surface area contributed by atoms with E-state index in [0.29, 0.717) is 18.9 Å². The van der Waals surface area contributed by atoms with E-state index in [1.165, 1.54) is 0 Å². The van der Waals surface area contributed by atoms with Gasteiger partial charge in [-0.2, -0.15) is 5.10 Å². The zero-order valence-corrected chi connectivity index (χ0v) is 16.4. The highest BCUT2D eigenvalue weighted by molar-refractivity contribution is 5.77. The van der Waals surface area contributed by atoms with E-state index in [1.54, 1.807) is 12.1 Å². The summed E-state index contributed by atoms with van der Waals surface area (Å²) >= 11 is 0. The summed E-state index contributed by atoms with van der Waals surface area (Å²) in [4.78, 5) is 12.2. The molecule has 0 atom stereocenters. The minimum Gasteiger partial charge on any atom is -0.494 e. The van der Waals surface area contributed by atoms with Crippen molar-refractivity contribution in [3.05, 3.63) is 71.5 Å². The van der Waals surface area contributed by atoms with Crippen LogP contribution in [-0.2, 0) is 11.3 Å². The number of ether oxygens (including phenoxy) is 2. The number of rotatable bonds is 8. The van der Waals surface area contributed by atoms with Gasteiger partial charge in [0.25, 0.3) is 5.91 Å². The van der Waals surface area contributed by atoms with Gasteiger partial charge in [-0.25, -0.2) is 4.68 Å². The predicted octanol–water partition coefficient (Wildman–Crippen LogP) is 3.58. The van der Waals surface area contributed by atoms with Crippen LogP contribution in [0.1, 0.15) is 23.9 Å². The van der Waals surface area contributed by atoms with Gasteiger partial charge >= 0.3 is 0 Å². The third-order valence-corrected chi connectivity index (χ3v) is 4.41. The molecule has 0 aliphatic heterocycles. The Labute approximate surface area is 165 Å². The Bertz CT molecular complexity index is 918. The van der Waals surface area contributed by atoms with E-state index in [-0.39, 0.29) is 12.5 Å². The molecule has 0 fully saturated rings. The summed E-state index contributed by atoms with van der Waals surface area (Å²) in [5, 5.41) is 7.50. The van der Waals surface area contributed by atoms with Crippen molar-refractivity contribution in [2.45, 2.75) is 27.3 Å². The highest BCUT2D eigenvalue weighted by Gasteiger charge is 2.13. The lowest BCUT2D eigenvalue weighted by molar-refractivity contribution is -0.123. The van der Waals surface area contributed by atoms with E-state index in [4.69, 9.17) is 9.47 Å². The molecule has 1 amide bonds. The van der Waals surface area contributed by atoms with Crippen LogP contribution in [0.4, 0.5) is 0 Å². The molecule has 0 spiro atoms. The third-order valence-electron chi connectivity index (χ3n) is 4.41. The second-order valence-corrected chi connectivity index (χ2v) is 6.37. The number of carbonyl (C=O) groups excluding carboxylic acids is 1.